The van der Waals surface area contributed by atoms with E-state index in [2.05, 4.69) is 10.3 Å². The standard InChI is InChI=1S/C24H25N5O6/c1-23-8-5-13-34-22(33)18(23)17-20(31)28(11-12-30)19-21(32)27(10-4-9-24(17,19)35-23)14-29-16-7-3-2-6-15(16)25-26-29/h2-9,17-19,30H,10-14H2,1H3/t17-,18+,19?,23-,24-/m0/s1. The van der Waals surface area contributed by atoms with Gasteiger partial charge in [0.25, 0.3) is 5.91 Å². The van der Waals surface area contributed by atoms with Crippen molar-refractivity contribution >= 4 is 28.8 Å². The van der Waals surface area contributed by atoms with Crippen LogP contribution in [0.4, 0.5) is 0 Å². The number of amides is 2. The molecule has 0 bridgehead atoms. The van der Waals surface area contributed by atoms with Gasteiger partial charge in [0.1, 0.15) is 36.4 Å². The molecule has 2 aromatic rings. The van der Waals surface area contributed by atoms with Crippen LogP contribution in [0.3, 0.4) is 0 Å². The maximum atomic E-state index is 14.1. The third-order valence-corrected chi connectivity index (χ3v) is 7.46. The number of aromatic nitrogens is 3. The fourth-order valence-corrected chi connectivity index (χ4v) is 6.06. The predicted octanol–water partition coefficient (Wildman–Crippen LogP) is -0.137. The quantitative estimate of drug-likeness (QED) is 0.474. The monoisotopic (exact) mass is 479 g/mol. The van der Waals surface area contributed by atoms with Gasteiger partial charge >= 0.3 is 5.97 Å². The molecule has 4 aliphatic rings. The summed E-state index contributed by atoms with van der Waals surface area (Å²) in [5.41, 5.74) is -1.00. The van der Waals surface area contributed by atoms with E-state index in [0.717, 1.165) is 5.52 Å². The van der Waals surface area contributed by atoms with Crippen molar-refractivity contribution in [2.24, 2.45) is 11.8 Å². The van der Waals surface area contributed by atoms with Crippen LogP contribution in [0.15, 0.2) is 48.6 Å². The molecule has 1 N–H and O–H groups in total. The Balaban J connectivity index is 1.42. The highest BCUT2D eigenvalue weighted by Crippen LogP contribution is 2.57. The summed E-state index contributed by atoms with van der Waals surface area (Å²) in [6.45, 7) is 1.83. The smallest absolute Gasteiger partial charge is 0.313 e. The van der Waals surface area contributed by atoms with E-state index in [-0.39, 0.29) is 38.9 Å². The average molecular weight is 479 g/mol. The first kappa shape index (κ1) is 21.9. The summed E-state index contributed by atoms with van der Waals surface area (Å²) >= 11 is 0. The van der Waals surface area contributed by atoms with Gasteiger partial charge in [-0.15, -0.1) is 5.10 Å². The third kappa shape index (κ3) is 3.01. The number of β-amino-alcohol motifs (C(OH)–C–C–N with tert-alkyl or cyclic N) is 1. The van der Waals surface area contributed by atoms with Gasteiger partial charge < -0.3 is 24.4 Å². The molecule has 35 heavy (non-hydrogen) atoms. The third-order valence-electron chi connectivity index (χ3n) is 7.46. The first-order valence-corrected chi connectivity index (χ1v) is 11.6. The van der Waals surface area contributed by atoms with E-state index >= 15 is 0 Å². The number of aliphatic hydroxyl groups is 1. The Labute approximate surface area is 200 Å². The molecule has 182 valence electrons. The van der Waals surface area contributed by atoms with Gasteiger partial charge in [-0.1, -0.05) is 35.6 Å². The fourth-order valence-electron chi connectivity index (χ4n) is 6.06. The van der Waals surface area contributed by atoms with Crippen LogP contribution in [-0.2, 0) is 30.5 Å². The number of para-hydroxylation sites is 1. The van der Waals surface area contributed by atoms with E-state index in [1.54, 1.807) is 40.8 Å². The van der Waals surface area contributed by atoms with Crippen LogP contribution in [-0.4, -0.2) is 91.2 Å². The maximum Gasteiger partial charge on any atom is 0.313 e. The number of ether oxygens (including phenoxy) is 2. The number of carbonyl (C=O) groups excluding carboxylic acids is 3. The Morgan fingerprint density at radius 3 is 2.77 bits per heavy atom. The molecule has 4 aliphatic heterocycles. The van der Waals surface area contributed by atoms with Gasteiger partial charge in [-0.3, -0.25) is 14.4 Å². The summed E-state index contributed by atoms with van der Waals surface area (Å²) in [4.78, 5) is 43.7. The van der Waals surface area contributed by atoms with Gasteiger partial charge in [0, 0.05) is 13.1 Å². The number of carbonyl (C=O) groups is 3. The SMILES string of the molecule is C[C@]12C=CCOC(=O)[C@H]1[C@H]1C(=O)N(CCO)C3C(=O)N(Cn4nnc5ccccc54)CC=C[C@@]31O2. The van der Waals surface area contributed by atoms with Crippen LogP contribution in [0.5, 0.6) is 0 Å². The normalized spacial score (nSPS) is 34.0. The van der Waals surface area contributed by atoms with Gasteiger partial charge in [-0.2, -0.15) is 0 Å². The molecule has 2 amide bonds. The lowest BCUT2D eigenvalue weighted by Gasteiger charge is -2.37. The van der Waals surface area contributed by atoms with E-state index in [9.17, 15) is 19.5 Å². The summed E-state index contributed by atoms with van der Waals surface area (Å²) in [5, 5.41) is 18.1. The number of rotatable bonds is 4. The Morgan fingerprint density at radius 2 is 1.94 bits per heavy atom. The zero-order valence-corrected chi connectivity index (χ0v) is 19.1. The van der Waals surface area contributed by atoms with Crippen molar-refractivity contribution in [2.45, 2.75) is 30.8 Å². The van der Waals surface area contributed by atoms with Crippen LogP contribution < -0.4 is 0 Å². The van der Waals surface area contributed by atoms with Crippen LogP contribution in [0, 0.1) is 11.8 Å². The first-order valence-electron chi connectivity index (χ1n) is 11.6. The molecule has 0 aliphatic carbocycles. The molecule has 0 radical (unpaired) electrons. The van der Waals surface area contributed by atoms with E-state index in [4.69, 9.17) is 9.47 Å². The van der Waals surface area contributed by atoms with Crippen molar-refractivity contribution in [3.63, 3.8) is 0 Å². The van der Waals surface area contributed by atoms with Crippen LogP contribution in [0.1, 0.15) is 6.92 Å². The van der Waals surface area contributed by atoms with Gasteiger partial charge in [0.2, 0.25) is 5.91 Å². The minimum atomic E-state index is -1.37. The van der Waals surface area contributed by atoms with Crippen molar-refractivity contribution in [1.29, 1.82) is 0 Å². The summed E-state index contributed by atoms with van der Waals surface area (Å²) in [6.07, 6.45) is 6.99. The number of hydrogen-bond donors (Lipinski definition) is 1. The lowest BCUT2D eigenvalue weighted by atomic mass is 9.75. The lowest BCUT2D eigenvalue weighted by Crippen LogP contribution is -2.56. The first-order chi connectivity index (χ1) is 16.9. The molecule has 2 saturated heterocycles. The van der Waals surface area contributed by atoms with Crippen molar-refractivity contribution in [2.75, 3.05) is 26.3 Å². The number of likely N-dealkylation sites (tertiary alicyclic amines) is 1. The number of fused-ring (bicyclic) bond motifs is 3. The molecule has 2 fully saturated rings. The second-order valence-electron chi connectivity index (χ2n) is 9.47. The Bertz CT molecular complexity index is 1290. The van der Waals surface area contributed by atoms with Crippen molar-refractivity contribution in [3.05, 3.63) is 48.6 Å². The molecule has 5 atom stereocenters. The van der Waals surface area contributed by atoms with E-state index < -0.39 is 41.0 Å². The maximum absolute atomic E-state index is 14.1. The summed E-state index contributed by atoms with van der Waals surface area (Å²) in [7, 11) is 0. The van der Waals surface area contributed by atoms with Gasteiger partial charge in [-0.25, -0.2) is 4.68 Å². The van der Waals surface area contributed by atoms with Crippen LogP contribution in [0.2, 0.25) is 0 Å². The van der Waals surface area contributed by atoms with E-state index in [0.29, 0.717) is 5.52 Å². The molecule has 5 heterocycles. The Hall–Kier alpha value is -3.57. The molecule has 1 aromatic carbocycles. The van der Waals surface area contributed by atoms with Crippen molar-refractivity contribution in [3.8, 4) is 0 Å². The van der Waals surface area contributed by atoms with Crippen LogP contribution in [0.25, 0.3) is 11.0 Å². The lowest BCUT2D eigenvalue weighted by molar-refractivity contribution is -0.158. The molecular formula is C24H25N5O6. The van der Waals surface area contributed by atoms with Gasteiger partial charge in [0.05, 0.1) is 23.6 Å². The van der Waals surface area contributed by atoms with Crippen molar-refractivity contribution < 1.29 is 29.0 Å². The minimum Gasteiger partial charge on any atom is -0.461 e. The second kappa shape index (κ2) is 7.72. The predicted molar refractivity (Wildman–Crippen MR) is 120 cm³/mol. The number of aliphatic hydroxyl groups excluding tert-OH is 1. The highest BCUT2D eigenvalue weighted by Gasteiger charge is 2.74. The van der Waals surface area contributed by atoms with E-state index in [1.807, 2.05) is 24.3 Å². The van der Waals surface area contributed by atoms with Crippen molar-refractivity contribution in [1.82, 2.24) is 24.8 Å². The molecule has 1 unspecified atom stereocenters. The fraction of sp³-hybridized carbons (Fsp3) is 0.458. The summed E-state index contributed by atoms with van der Waals surface area (Å²) < 4.78 is 13.5. The topological polar surface area (TPSA) is 127 Å². The minimum absolute atomic E-state index is 0.0564. The second-order valence-corrected chi connectivity index (χ2v) is 9.47. The Kier molecular flexibility index (Phi) is 4.84. The molecule has 0 saturated carbocycles. The van der Waals surface area contributed by atoms with Gasteiger partial charge in [0.15, 0.2) is 0 Å². The highest BCUT2D eigenvalue weighted by atomic mass is 16.6. The highest BCUT2D eigenvalue weighted by molar-refractivity contribution is 5.99. The number of benzene rings is 1. The van der Waals surface area contributed by atoms with Crippen LogP contribution >= 0.6 is 0 Å². The largest absolute Gasteiger partial charge is 0.461 e. The molecular weight excluding hydrogens is 454 g/mol. The number of cyclic esters (lactones) is 1. The zero-order chi connectivity index (χ0) is 24.4. The summed E-state index contributed by atoms with van der Waals surface area (Å²) in [6, 6.07) is 6.39. The Morgan fingerprint density at radius 1 is 1.11 bits per heavy atom. The number of hydrogen-bond acceptors (Lipinski definition) is 8. The molecule has 1 aromatic heterocycles. The number of esters is 1. The number of nitrogens with zero attached hydrogens (tertiary/aromatic N) is 5. The zero-order valence-electron chi connectivity index (χ0n) is 19.1. The summed E-state index contributed by atoms with van der Waals surface area (Å²) in [5.74, 6) is -3.16. The molecule has 1 spiro atoms. The average Bonchev–Trinajstić information content (AvgIpc) is 3.35. The van der Waals surface area contributed by atoms with Gasteiger partial charge in [-0.05, 0) is 25.1 Å². The molecule has 11 nitrogen and oxygen atoms in total. The molecule has 11 heteroatoms. The van der Waals surface area contributed by atoms with E-state index in [1.165, 1.54) is 4.90 Å². The molecule has 6 rings (SSSR count).